The standard InChI is InChI=1S/C9H13N3O/c1-6(5-10)8-7(2)11-12(3)9(8)13-4/h6H,1-4H3. The average Bonchev–Trinajstić information content (AvgIpc) is 2.39. The van der Waals surface area contributed by atoms with E-state index in [1.54, 1.807) is 18.8 Å². The number of aromatic nitrogens is 2. The molecule has 1 heterocycles. The van der Waals surface area contributed by atoms with Crippen molar-refractivity contribution in [3.05, 3.63) is 11.3 Å². The number of nitrogens with zero attached hydrogens (tertiary/aromatic N) is 3. The molecule has 1 aromatic heterocycles. The number of hydrogen-bond donors (Lipinski definition) is 0. The quantitative estimate of drug-likeness (QED) is 0.688. The molecule has 0 radical (unpaired) electrons. The smallest absolute Gasteiger partial charge is 0.216 e. The Morgan fingerprint density at radius 2 is 2.23 bits per heavy atom. The summed E-state index contributed by atoms with van der Waals surface area (Å²) in [6.07, 6.45) is 0. The van der Waals surface area contributed by atoms with E-state index in [1.807, 2.05) is 13.8 Å². The van der Waals surface area contributed by atoms with Gasteiger partial charge in [-0.1, -0.05) is 0 Å². The molecular formula is C9H13N3O. The van der Waals surface area contributed by atoms with Crippen LogP contribution in [0.15, 0.2) is 0 Å². The third kappa shape index (κ3) is 1.50. The first-order valence-corrected chi connectivity index (χ1v) is 4.09. The van der Waals surface area contributed by atoms with Crippen LogP contribution in [-0.4, -0.2) is 16.9 Å². The molecule has 0 amide bonds. The van der Waals surface area contributed by atoms with Crippen molar-refractivity contribution in [1.29, 1.82) is 5.26 Å². The van der Waals surface area contributed by atoms with Crippen LogP contribution in [0.5, 0.6) is 5.88 Å². The molecule has 4 nitrogen and oxygen atoms in total. The van der Waals surface area contributed by atoms with Gasteiger partial charge in [0.25, 0.3) is 0 Å². The second-order valence-corrected chi connectivity index (χ2v) is 2.98. The minimum absolute atomic E-state index is 0.177. The Labute approximate surface area is 77.7 Å². The summed E-state index contributed by atoms with van der Waals surface area (Å²) in [5.41, 5.74) is 1.74. The van der Waals surface area contributed by atoms with E-state index in [-0.39, 0.29) is 5.92 Å². The Kier molecular flexibility index (Phi) is 2.57. The fourth-order valence-electron chi connectivity index (χ4n) is 1.46. The van der Waals surface area contributed by atoms with Crippen molar-refractivity contribution in [3.63, 3.8) is 0 Å². The van der Waals surface area contributed by atoms with Gasteiger partial charge >= 0.3 is 0 Å². The predicted octanol–water partition coefficient (Wildman–Crippen LogP) is 1.36. The summed E-state index contributed by atoms with van der Waals surface area (Å²) in [5.74, 6) is 0.496. The van der Waals surface area contributed by atoms with Gasteiger partial charge in [-0.05, 0) is 13.8 Å². The summed E-state index contributed by atoms with van der Waals surface area (Å²) in [6.45, 7) is 3.72. The molecule has 1 rings (SSSR count). The van der Waals surface area contributed by atoms with E-state index >= 15 is 0 Å². The lowest BCUT2D eigenvalue weighted by atomic mass is 10.0. The normalized spacial score (nSPS) is 12.2. The molecule has 0 N–H and O–H groups in total. The molecule has 4 heteroatoms. The molecule has 0 aliphatic heterocycles. The molecule has 1 unspecified atom stereocenters. The number of hydrogen-bond acceptors (Lipinski definition) is 3. The van der Waals surface area contributed by atoms with Crippen LogP contribution in [0.25, 0.3) is 0 Å². The highest BCUT2D eigenvalue weighted by Crippen LogP contribution is 2.28. The zero-order valence-electron chi connectivity index (χ0n) is 8.33. The minimum Gasteiger partial charge on any atom is -0.481 e. The summed E-state index contributed by atoms with van der Waals surface area (Å²) >= 11 is 0. The Bertz CT molecular complexity index is 348. The van der Waals surface area contributed by atoms with E-state index in [2.05, 4.69) is 11.2 Å². The molecule has 1 aromatic rings. The third-order valence-electron chi connectivity index (χ3n) is 2.03. The van der Waals surface area contributed by atoms with Gasteiger partial charge in [-0.2, -0.15) is 10.4 Å². The van der Waals surface area contributed by atoms with Gasteiger partial charge in [0.1, 0.15) is 0 Å². The Balaban J connectivity index is 3.26. The molecule has 0 spiro atoms. The monoisotopic (exact) mass is 179 g/mol. The van der Waals surface area contributed by atoms with Crippen LogP contribution in [-0.2, 0) is 7.05 Å². The fraction of sp³-hybridized carbons (Fsp3) is 0.556. The molecule has 1 atom stereocenters. The van der Waals surface area contributed by atoms with Crippen LogP contribution in [0.2, 0.25) is 0 Å². The van der Waals surface area contributed by atoms with Crippen LogP contribution in [0.1, 0.15) is 24.1 Å². The van der Waals surface area contributed by atoms with E-state index in [1.165, 1.54) is 0 Å². The van der Waals surface area contributed by atoms with Crippen molar-refractivity contribution in [1.82, 2.24) is 9.78 Å². The molecule has 0 saturated heterocycles. The van der Waals surface area contributed by atoms with Crippen molar-refractivity contribution in [2.24, 2.45) is 7.05 Å². The number of aryl methyl sites for hydroxylation is 2. The molecule has 0 fully saturated rings. The summed E-state index contributed by atoms with van der Waals surface area (Å²) in [7, 11) is 3.39. The van der Waals surface area contributed by atoms with Gasteiger partial charge in [-0.3, -0.25) is 0 Å². The van der Waals surface area contributed by atoms with Gasteiger partial charge < -0.3 is 4.74 Å². The van der Waals surface area contributed by atoms with Crippen LogP contribution in [0.4, 0.5) is 0 Å². The first-order chi connectivity index (χ1) is 6.11. The fourth-order valence-corrected chi connectivity index (χ4v) is 1.46. The highest BCUT2D eigenvalue weighted by Gasteiger charge is 2.18. The average molecular weight is 179 g/mol. The summed E-state index contributed by atoms with van der Waals surface area (Å²) in [6, 6.07) is 2.18. The number of nitriles is 1. The Hall–Kier alpha value is -1.50. The molecule has 70 valence electrons. The largest absolute Gasteiger partial charge is 0.481 e. The van der Waals surface area contributed by atoms with Crippen LogP contribution < -0.4 is 4.74 Å². The number of methoxy groups -OCH3 is 1. The molecule has 0 aliphatic rings. The minimum atomic E-state index is -0.177. The molecular weight excluding hydrogens is 166 g/mol. The predicted molar refractivity (Wildman–Crippen MR) is 48.5 cm³/mol. The lowest BCUT2D eigenvalue weighted by Crippen LogP contribution is -1.98. The first-order valence-electron chi connectivity index (χ1n) is 4.09. The first kappa shape index (κ1) is 9.59. The zero-order chi connectivity index (χ0) is 10.0. The van der Waals surface area contributed by atoms with E-state index < -0.39 is 0 Å². The molecule has 13 heavy (non-hydrogen) atoms. The van der Waals surface area contributed by atoms with E-state index in [9.17, 15) is 0 Å². The van der Waals surface area contributed by atoms with Crippen molar-refractivity contribution in [2.75, 3.05) is 7.11 Å². The van der Waals surface area contributed by atoms with Gasteiger partial charge in [0.2, 0.25) is 5.88 Å². The maximum Gasteiger partial charge on any atom is 0.216 e. The van der Waals surface area contributed by atoms with E-state index in [4.69, 9.17) is 10.00 Å². The Morgan fingerprint density at radius 3 is 2.69 bits per heavy atom. The van der Waals surface area contributed by atoms with E-state index in [0.717, 1.165) is 11.3 Å². The van der Waals surface area contributed by atoms with Crippen molar-refractivity contribution in [2.45, 2.75) is 19.8 Å². The van der Waals surface area contributed by atoms with E-state index in [0.29, 0.717) is 5.88 Å². The third-order valence-corrected chi connectivity index (χ3v) is 2.03. The maximum atomic E-state index is 8.80. The summed E-state index contributed by atoms with van der Waals surface area (Å²) in [4.78, 5) is 0. The highest BCUT2D eigenvalue weighted by molar-refractivity contribution is 5.37. The SMILES string of the molecule is COc1c(C(C)C#N)c(C)nn1C. The topological polar surface area (TPSA) is 50.8 Å². The van der Waals surface area contributed by atoms with Crippen molar-refractivity contribution >= 4 is 0 Å². The lowest BCUT2D eigenvalue weighted by molar-refractivity contribution is 0.368. The van der Waals surface area contributed by atoms with Crippen molar-refractivity contribution < 1.29 is 4.74 Å². The number of ether oxygens (including phenoxy) is 1. The molecule has 0 saturated carbocycles. The number of rotatable bonds is 2. The van der Waals surface area contributed by atoms with Crippen molar-refractivity contribution in [3.8, 4) is 11.9 Å². The van der Waals surface area contributed by atoms with Gasteiger partial charge in [-0.15, -0.1) is 0 Å². The van der Waals surface area contributed by atoms with Gasteiger partial charge in [0.05, 0.1) is 30.4 Å². The molecule has 0 aromatic carbocycles. The van der Waals surface area contributed by atoms with Gasteiger partial charge in [0.15, 0.2) is 0 Å². The lowest BCUT2D eigenvalue weighted by Gasteiger charge is -2.05. The zero-order valence-corrected chi connectivity index (χ0v) is 8.33. The maximum absolute atomic E-state index is 8.80. The van der Waals surface area contributed by atoms with Crippen LogP contribution in [0, 0.1) is 18.3 Å². The second-order valence-electron chi connectivity index (χ2n) is 2.98. The highest BCUT2D eigenvalue weighted by atomic mass is 16.5. The van der Waals surface area contributed by atoms with Crippen LogP contribution >= 0.6 is 0 Å². The van der Waals surface area contributed by atoms with Gasteiger partial charge in [0, 0.05) is 7.05 Å². The second kappa shape index (κ2) is 3.48. The molecule has 0 aliphatic carbocycles. The summed E-state index contributed by atoms with van der Waals surface area (Å²) in [5, 5.41) is 13.0. The Morgan fingerprint density at radius 1 is 1.62 bits per heavy atom. The van der Waals surface area contributed by atoms with Crippen LogP contribution in [0.3, 0.4) is 0 Å². The molecule has 0 bridgehead atoms. The van der Waals surface area contributed by atoms with Gasteiger partial charge in [-0.25, -0.2) is 4.68 Å². The summed E-state index contributed by atoms with van der Waals surface area (Å²) < 4.78 is 6.82.